The monoisotopic (exact) mass is 271 g/mol. The number of aromatic nitrogens is 2. The van der Waals surface area contributed by atoms with E-state index in [0.717, 1.165) is 30.6 Å². The predicted molar refractivity (Wildman–Crippen MR) is 79.4 cm³/mol. The van der Waals surface area contributed by atoms with E-state index in [0.29, 0.717) is 12.2 Å². The second-order valence-electron chi connectivity index (χ2n) is 5.00. The normalized spacial score (nSPS) is 10.5. The van der Waals surface area contributed by atoms with Crippen LogP contribution in [0, 0.1) is 6.92 Å². The van der Waals surface area contributed by atoms with E-state index in [1.165, 1.54) is 0 Å². The maximum Gasteiger partial charge on any atom is 0.274 e. The molecule has 0 saturated heterocycles. The third-order valence-corrected chi connectivity index (χ3v) is 3.21. The van der Waals surface area contributed by atoms with Gasteiger partial charge >= 0.3 is 0 Å². The topological polar surface area (TPSA) is 49.0 Å². The first-order valence-corrected chi connectivity index (χ1v) is 7.06. The maximum absolute atomic E-state index is 12.5. The van der Waals surface area contributed by atoms with Crippen LogP contribution in [-0.2, 0) is 6.54 Å². The van der Waals surface area contributed by atoms with Gasteiger partial charge in [0, 0.05) is 18.8 Å². The molecular weight excluding hydrogens is 250 g/mol. The maximum atomic E-state index is 12.5. The van der Waals surface area contributed by atoms with E-state index in [1.807, 2.05) is 42.2 Å². The summed E-state index contributed by atoms with van der Waals surface area (Å²) in [7, 11) is 0. The Morgan fingerprint density at radius 2 is 2.05 bits per heavy atom. The number of nitrogens with zero attached hydrogens (tertiary/aromatic N) is 2. The van der Waals surface area contributed by atoms with Gasteiger partial charge in [0.1, 0.15) is 5.69 Å². The number of H-pyrrole nitrogens is 1. The molecule has 0 aliphatic heterocycles. The molecule has 106 valence electrons. The van der Waals surface area contributed by atoms with E-state index in [-0.39, 0.29) is 5.91 Å². The molecule has 1 aromatic heterocycles. The van der Waals surface area contributed by atoms with E-state index in [2.05, 4.69) is 17.1 Å². The largest absolute Gasteiger partial charge is 0.333 e. The SMILES string of the molecule is CCCCN(Cc1ccccc1)C(=O)c1cc(C)[nH]n1. The number of hydrogen-bond acceptors (Lipinski definition) is 2. The molecule has 0 aliphatic rings. The summed E-state index contributed by atoms with van der Waals surface area (Å²) in [4.78, 5) is 14.4. The molecule has 0 bridgehead atoms. The Bertz CT molecular complexity index is 548. The number of carbonyl (C=O) groups excluding carboxylic acids is 1. The van der Waals surface area contributed by atoms with Gasteiger partial charge in [0.2, 0.25) is 0 Å². The van der Waals surface area contributed by atoms with Crippen LogP contribution in [-0.4, -0.2) is 27.5 Å². The fourth-order valence-electron chi connectivity index (χ4n) is 2.09. The Morgan fingerprint density at radius 3 is 2.65 bits per heavy atom. The molecule has 0 aliphatic carbocycles. The zero-order valence-electron chi connectivity index (χ0n) is 12.1. The van der Waals surface area contributed by atoms with Gasteiger partial charge in [0.25, 0.3) is 5.91 Å². The van der Waals surface area contributed by atoms with Crippen LogP contribution in [0.5, 0.6) is 0 Å². The zero-order chi connectivity index (χ0) is 14.4. The van der Waals surface area contributed by atoms with Crippen molar-refractivity contribution in [2.45, 2.75) is 33.2 Å². The van der Waals surface area contributed by atoms with Gasteiger partial charge in [0.15, 0.2) is 0 Å². The fraction of sp³-hybridized carbons (Fsp3) is 0.375. The summed E-state index contributed by atoms with van der Waals surface area (Å²) < 4.78 is 0. The number of amides is 1. The second-order valence-corrected chi connectivity index (χ2v) is 5.00. The Balaban J connectivity index is 2.12. The number of aryl methyl sites for hydroxylation is 1. The summed E-state index contributed by atoms with van der Waals surface area (Å²) >= 11 is 0. The molecule has 0 unspecified atom stereocenters. The molecule has 1 amide bonds. The molecule has 1 N–H and O–H groups in total. The Morgan fingerprint density at radius 1 is 1.30 bits per heavy atom. The van der Waals surface area contributed by atoms with Gasteiger partial charge in [-0.25, -0.2) is 0 Å². The number of unbranched alkanes of at least 4 members (excludes halogenated alkanes) is 1. The smallest absolute Gasteiger partial charge is 0.274 e. The highest BCUT2D eigenvalue weighted by Crippen LogP contribution is 2.10. The molecule has 4 heteroatoms. The number of benzene rings is 1. The van der Waals surface area contributed by atoms with E-state index in [4.69, 9.17) is 0 Å². The lowest BCUT2D eigenvalue weighted by Crippen LogP contribution is -2.31. The molecule has 1 aromatic carbocycles. The predicted octanol–water partition coefficient (Wildman–Crippen LogP) is 3.16. The van der Waals surface area contributed by atoms with Crippen molar-refractivity contribution in [2.75, 3.05) is 6.54 Å². The summed E-state index contributed by atoms with van der Waals surface area (Å²) in [5, 5.41) is 6.90. The Kier molecular flexibility index (Phi) is 4.93. The quantitative estimate of drug-likeness (QED) is 0.877. The van der Waals surface area contributed by atoms with E-state index < -0.39 is 0 Å². The van der Waals surface area contributed by atoms with Gasteiger partial charge in [-0.2, -0.15) is 5.10 Å². The average molecular weight is 271 g/mol. The van der Waals surface area contributed by atoms with E-state index in [9.17, 15) is 4.79 Å². The van der Waals surface area contributed by atoms with Crippen LogP contribution in [0.4, 0.5) is 0 Å². The number of rotatable bonds is 6. The average Bonchev–Trinajstić information content (AvgIpc) is 2.90. The minimum absolute atomic E-state index is 0.00773. The molecule has 2 aromatic rings. The second kappa shape index (κ2) is 6.89. The van der Waals surface area contributed by atoms with Crippen LogP contribution in [0.3, 0.4) is 0 Å². The first-order valence-electron chi connectivity index (χ1n) is 7.06. The number of nitrogens with one attached hydrogen (secondary N) is 1. The van der Waals surface area contributed by atoms with Crippen molar-refractivity contribution in [3.63, 3.8) is 0 Å². The van der Waals surface area contributed by atoms with Gasteiger partial charge in [-0.15, -0.1) is 0 Å². The van der Waals surface area contributed by atoms with Crippen molar-refractivity contribution in [1.29, 1.82) is 0 Å². The summed E-state index contributed by atoms with van der Waals surface area (Å²) in [6.45, 7) is 5.42. The van der Waals surface area contributed by atoms with Crippen LogP contribution < -0.4 is 0 Å². The minimum atomic E-state index is -0.00773. The third-order valence-electron chi connectivity index (χ3n) is 3.21. The molecule has 0 saturated carbocycles. The number of aromatic amines is 1. The first kappa shape index (κ1) is 14.3. The highest BCUT2D eigenvalue weighted by Gasteiger charge is 2.18. The summed E-state index contributed by atoms with van der Waals surface area (Å²) in [6, 6.07) is 11.9. The van der Waals surface area contributed by atoms with Crippen molar-refractivity contribution in [2.24, 2.45) is 0 Å². The summed E-state index contributed by atoms with van der Waals surface area (Å²) in [5.41, 5.74) is 2.54. The van der Waals surface area contributed by atoms with Crippen molar-refractivity contribution < 1.29 is 4.79 Å². The first-order chi connectivity index (χ1) is 9.70. The highest BCUT2D eigenvalue weighted by molar-refractivity contribution is 5.92. The molecule has 2 rings (SSSR count). The van der Waals surface area contributed by atoms with E-state index >= 15 is 0 Å². The summed E-state index contributed by atoms with van der Waals surface area (Å²) in [6.07, 6.45) is 2.07. The molecule has 0 spiro atoms. The van der Waals surface area contributed by atoms with Crippen LogP contribution in [0.15, 0.2) is 36.4 Å². The van der Waals surface area contributed by atoms with Crippen LogP contribution in [0.25, 0.3) is 0 Å². The van der Waals surface area contributed by atoms with Crippen molar-refractivity contribution >= 4 is 5.91 Å². The van der Waals surface area contributed by atoms with Gasteiger partial charge in [-0.1, -0.05) is 43.7 Å². The van der Waals surface area contributed by atoms with Crippen LogP contribution in [0.2, 0.25) is 0 Å². The molecule has 0 radical (unpaired) electrons. The van der Waals surface area contributed by atoms with Gasteiger partial charge in [-0.3, -0.25) is 9.89 Å². The van der Waals surface area contributed by atoms with Crippen molar-refractivity contribution in [1.82, 2.24) is 15.1 Å². The zero-order valence-corrected chi connectivity index (χ0v) is 12.1. The molecule has 0 fully saturated rings. The molecule has 1 heterocycles. The minimum Gasteiger partial charge on any atom is -0.333 e. The van der Waals surface area contributed by atoms with Crippen molar-refractivity contribution in [3.05, 3.63) is 53.3 Å². The Labute approximate surface area is 119 Å². The standard InChI is InChI=1S/C16H21N3O/c1-3-4-10-19(12-14-8-6-5-7-9-14)16(20)15-11-13(2)17-18-15/h5-9,11H,3-4,10,12H2,1-2H3,(H,17,18). The van der Waals surface area contributed by atoms with Gasteiger partial charge in [-0.05, 0) is 25.0 Å². The van der Waals surface area contributed by atoms with Crippen LogP contribution >= 0.6 is 0 Å². The molecular formula is C16H21N3O. The number of hydrogen-bond donors (Lipinski definition) is 1. The third kappa shape index (κ3) is 3.70. The lowest BCUT2D eigenvalue weighted by Gasteiger charge is -2.21. The highest BCUT2D eigenvalue weighted by atomic mass is 16.2. The van der Waals surface area contributed by atoms with E-state index in [1.54, 1.807) is 6.07 Å². The van der Waals surface area contributed by atoms with Gasteiger partial charge in [0.05, 0.1) is 0 Å². The lowest BCUT2D eigenvalue weighted by atomic mass is 10.2. The van der Waals surface area contributed by atoms with Crippen LogP contribution in [0.1, 0.15) is 41.5 Å². The fourth-order valence-corrected chi connectivity index (χ4v) is 2.09. The lowest BCUT2D eigenvalue weighted by molar-refractivity contribution is 0.0735. The summed E-state index contributed by atoms with van der Waals surface area (Å²) in [5.74, 6) is -0.00773. The van der Waals surface area contributed by atoms with Crippen molar-refractivity contribution in [3.8, 4) is 0 Å². The Hall–Kier alpha value is -2.10. The molecule has 0 atom stereocenters. The molecule has 4 nitrogen and oxygen atoms in total. The van der Waals surface area contributed by atoms with Gasteiger partial charge < -0.3 is 4.90 Å². The molecule has 20 heavy (non-hydrogen) atoms. The number of carbonyl (C=O) groups is 1.